The summed E-state index contributed by atoms with van der Waals surface area (Å²) < 4.78 is 11.9. The molecule has 33 heavy (non-hydrogen) atoms. The predicted molar refractivity (Wildman–Crippen MR) is 132 cm³/mol. The Morgan fingerprint density at radius 1 is 0.909 bits per heavy atom. The van der Waals surface area contributed by atoms with Crippen molar-refractivity contribution in [2.75, 3.05) is 44.7 Å². The molecule has 0 aliphatic carbocycles. The van der Waals surface area contributed by atoms with Crippen LogP contribution in [0.5, 0.6) is 11.5 Å². The van der Waals surface area contributed by atoms with E-state index in [0.717, 1.165) is 50.6 Å². The normalized spacial score (nSPS) is 15.0. The minimum Gasteiger partial charge on any atom is -0.495 e. The van der Waals surface area contributed by atoms with Gasteiger partial charge in [-0.05, 0) is 48.9 Å². The molecule has 0 spiro atoms. The van der Waals surface area contributed by atoms with Crippen molar-refractivity contribution in [1.82, 2.24) is 4.90 Å². The van der Waals surface area contributed by atoms with E-state index in [1.807, 2.05) is 24.3 Å². The fourth-order valence-corrected chi connectivity index (χ4v) is 4.25. The Labute approximate surface area is 196 Å². The summed E-state index contributed by atoms with van der Waals surface area (Å²) >= 11 is 0. The third-order valence-electron chi connectivity index (χ3n) is 6.22. The molecule has 1 heterocycles. The van der Waals surface area contributed by atoms with Crippen LogP contribution in [-0.4, -0.2) is 44.7 Å². The number of nitrogens with zero attached hydrogens (tertiary/aromatic N) is 3. The number of hydrogen-bond acceptors (Lipinski definition) is 5. The summed E-state index contributed by atoms with van der Waals surface area (Å²) in [6.45, 7) is 7.04. The lowest BCUT2D eigenvalue weighted by atomic mass is 10.0. The second kappa shape index (κ2) is 10.9. The maximum atomic E-state index is 9.06. The van der Waals surface area contributed by atoms with Crippen LogP contribution in [-0.2, 0) is 0 Å². The van der Waals surface area contributed by atoms with E-state index in [0.29, 0.717) is 5.56 Å². The average Bonchev–Trinajstić information content (AvgIpc) is 2.88. The van der Waals surface area contributed by atoms with Gasteiger partial charge in [-0.25, -0.2) is 0 Å². The van der Waals surface area contributed by atoms with Crippen molar-refractivity contribution in [2.24, 2.45) is 0 Å². The Morgan fingerprint density at radius 3 is 2.27 bits per heavy atom. The Hall–Kier alpha value is -3.49. The molecule has 0 N–H and O–H groups in total. The second-order valence-corrected chi connectivity index (χ2v) is 8.44. The van der Waals surface area contributed by atoms with Gasteiger partial charge in [-0.3, -0.25) is 4.90 Å². The van der Waals surface area contributed by atoms with Gasteiger partial charge in [-0.2, -0.15) is 5.26 Å². The van der Waals surface area contributed by atoms with Crippen LogP contribution in [0.3, 0.4) is 0 Å². The maximum Gasteiger partial charge on any atom is 0.142 e. The highest BCUT2D eigenvalue weighted by molar-refractivity contribution is 5.58. The van der Waals surface area contributed by atoms with Crippen LogP contribution < -0.4 is 14.4 Å². The molecule has 0 bridgehead atoms. The van der Waals surface area contributed by atoms with Gasteiger partial charge in [0, 0.05) is 39.1 Å². The Kier molecular flexibility index (Phi) is 7.49. The number of hydrogen-bond donors (Lipinski definition) is 0. The van der Waals surface area contributed by atoms with Crippen molar-refractivity contribution in [3.05, 3.63) is 89.5 Å². The molecule has 5 heteroatoms. The number of anilines is 1. The third kappa shape index (κ3) is 5.85. The molecular formula is C28H31N3O2. The number of nitriles is 1. The largest absolute Gasteiger partial charge is 0.495 e. The lowest BCUT2D eigenvalue weighted by Crippen LogP contribution is -2.47. The molecular weight excluding hydrogens is 410 g/mol. The van der Waals surface area contributed by atoms with Gasteiger partial charge in [0.2, 0.25) is 0 Å². The highest BCUT2D eigenvalue weighted by Crippen LogP contribution is 2.29. The van der Waals surface area contributed by atoms with Gasteiger partial charge < -0.3 is 14.4 Å². The van der Waals surface area contributed by atoms with Gasteiger partial charge >= 0.3 is 0 Å². The minimum atomic E-state index is -0.0363. The Bertz CT molecular complexity index is 1070. The monoisotopic (exact) mass is 441 g/mol. The topological polar surface area (TPSA) is 48.7 Å². The highest BCUT2D eigenvalue weighted by atomic mass is 16.5. The molecule has 0 saturated carbocycles. The third-order valence-corrected chi connectivity index (χ3v) is 6.22. The molecule has 1 unspecified atom stereocenters. The molecule has 3 aromatic rings. The average molecular weight is 442 g/mol. The first-order chi connectivity index (χ1) is 16.2. The van der Waals surface area contributed by atoms with Crippen molar-refractivity contribution in [3.8, 4) is 17.6 Å². The summed E-state index contributed by atoms with van der Waals surface area (Å²) in [5, 5.41) is 9.06. The first-order valence-electron chi connectivity index (χ1n) is 11.5. The number of methoxy groups -OCH3 is 1. The number of rotatable bonds is 8. The summed E-state index contributed by atoms with van der Waals surface area (Å²) in [5.74, 6) is 1.72. The van der Waals surface area contributed by atoms with Crippen LogP contribution in [0.2, 0.25) is 0 Å². The van der Waals surface area contributed by atoms with Gasteiger partial charge in [-0.1, -0.05) is 42.0 Å². The van der Waals surface area contributed by atoms with E-state index in [1.165, 1.54) is 16.8 Å². The van der Waals surface area contributed by atoms with Crippen LogP contribution in [0.25, 0.3) is 0 Å². The van der Waals surface area contributed by atoms with Crippen LogP contribution in [0.1, 0.15) is 29.2 Å². The van der Waals surface area contributed by atoms with E-state index in [4.69, 9.17) is 14.7 Å². The predicted octanol–water partition coefficient (Wildman–Crippen LogP) is 5.21. The van der Waals surface area contributed by atoms with Crippen molar-refractivity contribution in [1.29, 1.82) is 5.26 Å². The first kappa shape index (κ1) is 22.7. The standard InChI is InChI=1S/C28H31N3O2/c1-22-7-11-24(12-8-22)27(33-25-13-9-23(21-29)10-14-25)15-16-30-17-19-31(20-18-30)26-5-3-4-6-28(26)32-2/h3-14,27H,15-20H2,1-2H3. The molecule has 5 nitrogen and oxygen atoms in total. The molecule has 1 aliphatic rings. The van der Waals surface area contributed by atoms with Crippen molar-refractivity contribution < 1.29 is 9.47 Å². The Morgan fingerprint density at radius 2 is 1.61 bits per heavy atom. The van der Waals surface area contributed by atoms with Crippen molar-refractivity contribution in [3.63, 3.8) is 0 Å². The van der Waals surface area contributed by atoms with Gasteiger partial charge in [0.05, 0.1) is 24.4 Å². The van der Waals surface area contributed by atoms with Crippen molar-refractivity contribution >= 4 is 5.69 Å². The molecule has 1 fully saturated rings. The zero-order valence-corrected chi connectivity index (χ0v) is 19.4. The van der Waals surface area contributed by atoms with Gasteiger partial charge in [0.15, 0.2) is 0 Å². The summed E-state index contributed by atoms with van der Waals surface area (Å²) in [7, 11) is 1.73. The van der Waals surface area contributed by atoms with Gasteiger partial charge in [0.25, 0.3) is 0 Å². The number of ether oxygens (including phenoxy) is 2. The van der Waals surface area contributed by atoms with Crippen LogP contribution in [0, 0.1) is 18.3 Å². The molecule has 0 amide bonds. The lowest BCUT2D eigenvalue weighted by molar-refractivity contribution is 0.160. The van der Waals surface area contributed by atoms with E-state index in [9.17, 15) is 0 Å². The highest BCUT2D eigenvalue weighted by Gasteiger charge is 2.21. The number of para-hydroxylation sites is 2. The summed E-state index contributed by atoms with van der Waals surface area (Å²) in [6.07, 6.45) is 0.864. The molecule has 4 rings (SSSR count). The summed E-state index contributed by atoms with van der Waals surface area (Å²) in [4.78, 5) is 4.91. The van der Waals surface area contributed by atoms with Crippen LogP contribution >= 0.6 is 0 Å². The van der Waals surface area contributed by atoms with E-state index >= 15 is 0 Å². The maximum absolute atomic E-state index is 9.06. The fourth-order valence-electron chi connectivity index (χ4n) is 4.25. The molecule has 0 aromatic heterocycles. The second-order valence-electron chi connectivity index (χ2n) is 8.44. The molecule has 1 aliphatic heterocycles. The van der Waals surface area contributed by atoms with E-state index in [-0.39, 0.29) is 6.10 Å². The number of piperazine rings is 1. The molecule has 3 aromatic carbocycles. The van der Waals surface area contributed by atoms with Crippen LogP contribution in [0.4, 0.5) is 5.69 Å². The van der Waals surface area contributed by atoms with Gasteiger partial charge in [-0.15, -0.1) is 0 Å². The number of aryl methyl sites for hydroxylation is 1. The van der Waals surface area contributed by atoms with Crippen molar-refractivity contribution in [2.45, 2.75) is 19.4 Å². The number of benzene rings is 3. The quantitative estimate of drug-likeness (QED) is 0.480. The minimum absolute atomic E-state index is 0.0363. The lowest BCUT2D eigenvalue weighted by Gasteiger charge is -2.37. The van der Waals surface area contributed by atoms with Crippen LogP contribution in [0.15, 0.2) is 72.8 Å². The zero-order valence-electron chi connectivity index (χ0n) is 19.4. The molecule has 0 radical (unpaired) electrons. The summed E-state index contributed by atoms with van der Waals surface area (Å²) in [5.41, 5.74) is 4.23. The smallest absolute Gasteiger partial charge is 0.142 e. The zero-order chi connectivity index (χ0) is 23.0. The van der Waals surface area contributed by atoms with Gasteiger partial charge in [0.1, 0.15) is 17.6 Å². The molecule has 1 atom stereocenters. The molecule has 1 saturated heterocycles. The Balaban J connectivity index is 1.38. The summed E-state index contributed by atoms with van der Waals surface area (Å²) in [6, 6.07) is 26.3. The first-order valence-corrected chi connectivity index (χ1v) is 11.5. The fraction of sp³-hybridized carbons (Fsp3) is 0.321. The van der Waals surface area contributed by atoms with E-state index < -0.39 is 0 Å². The van der Waals surface area contributed by atoms with E-state index in [2.05, 4.69) is 59.2 Å². The SMILES string of the molecule is COc1ccccc1N1CCN(CCC(Oc2ccc(C#N)cc2)c2ccc(C)cc2)CC1. The molecule has 170 valence electrons. The van der Waals surface area contributed by atoms with E-state index in [1.54, 1.807) is 19.2 Å².